The molecule has 0 unspecified atom stereocenters. The molecule has 0 bridgehead atoms. The third-order valence-electron chi connectivity index (χ3n) is 1.09. The first-order valence-corrected chi connectivity index (χ1v) is 5.31. The van der Waals surface area contributed by atoms with Gasteiger partial charge in [0.25, 0.3) is 10.1 Å². The van der Waals surface area contributed by atoms with E-state index in [1.807, 2.05) is 0 Å². The first kappa shape index (κ1) is 16.8. The van der Waals surface area contributed by atoms with Gasteiger partial charge in [-0.1, -0.05) is 6.08 Å². The normalized spacial score (nSPS) is 11.0. The molecule has 5 nitrogen and oxygen atoms in total. The van der Waals surface area contributed by atoms with Gasteiger partial charge < -0.3 is 4.74 Å². The Hall–Kier alpha value is 0.380. The number of carbonyl (C=O) groups is 1. The second-order valence-corrected chi connectivity index (χ2v) is 3.88. The van der Waals surface area contributed by atoms with Crippen LogP contribution in [0.1, 0.15) is 13.3 Å². The monoisotopic (exact) mass is 250 g/mol. The van der Waals surface area contributed by atoms with Gasteiger partial charge in [0.1, 0.15) is 0 Å². The van der Waals surface area contributed by atoms with Crippen molar-refractivity contribution < 1.29 is 22.5 Å². The minimum absolute atomic E-state index is 0. The van der Waals surface area contributed by atoms with E-state index in [2.05, 4.69) is 4.74 Å². The number of hydrogen-bond donors (Lipinski definition) is 1. The van der Waals surface area contributed by atoms with Crippen molar-refractivity contribution in [3.8, 4) is 0 Å². The van der Waals surface area contributed by atoms with Crippen molar-refractivity contribution in [1.29, 1.82) is 0 Å². The Labute approximate surface area is 113 Å². The Bertz CT molecular complexity index is 282. The van der Waals surface area contributed by atoms with Crippen LogP contribution in [0.15, 0.2) is 12.2 Å². The van der Waals surface area contributed by atoms with E-state index in [4.69, 9.17) is 4.55 Å². The molecule has 0 aliphatic carbocycles. The molecule has 0 aromatic rings. The third kappa shape index (κ3) is 12.4. The molecule has 14 heavy (non-hydrogen) atoms. The van der Waals surface area contributed by atoms with Gasteiger partial charge in [-0.15, -0.1) is 0 Å². The summed E-state index contributed by atoms with van der Waals surface area (Å²) in [5, 5.41) is 0. The van der Waals surface area contributed by atoms with E-state index in [9.17, 15) is 13.2 Å². The zero-order valence-corrected chi connectivity index (χ0v) is 8.08. The number of hydrogen-bond acceptors (Lipinski definition) is 4. The van der Waals surface area contributed by atoms with Crippen LogP contribution in [0, 0.1) is 0 Å². The van der Waals surface area contributed by atoms with Gasteiger partial charge in [-0.05, 0) is 13.3 Å². The van der Waals surface area contributed by atoms with Gasteiger partial charge in [0.05, 0.1) is 12.4 Å². The first-order valence-electron chi connectivity index (χ1n) is 3.70. The molecule has 0 saturated heterocycles. The van der Waals surface area contributed by atoms with Crippen LogP contribution in [-0.2, 0) is 19.6 Å². The van der Waals surface area contributed by atoms with Crippen molar-refractivity contribution in [3.05, 3.63) is 12.2 Å². The van der Waals surface area contributed by atoms with Crippen molar-refractivity contribution in [2.75, 3.05) is 12.4 Å². The van der Waals surface area contributed by atoms with Crippen LogP contribution in [0.3, 0.4) is 0 Å². The van der Waals surface area contributed by atoms with Gasteiger partial charge in [0.15, 0.2) is 0 Å². The van der Waals surface area contributed by atoms with Crippen molar-refractivity contribution in [1.82, 2.24) is 0 Å². The van der Waals surface area contributed by atoms with E-state index >= 15 is 0 Å². The summed E-state index contributed by atoms with van der Waals surface area (Å²) < 4.78 is 33.3. The third-order valence-corrected chi connectivity index (χ3v) is 1.90. The average molecular weight is 250 g/mol. The fraction of sp³-hybridized carbons (Fsp3) is 0.571. The van der Waals surface area contributed by atoms with E-state index in [-0.39, 0.29) is 50.8 Å². The van der Waals surface area contributed by atoms with Crippen molar-refractivity contribution >= 4 is 53.8 Å². The number of allylic oxidation sites excluding steroid dienone is 1. The molecule has 7 heteroatoms. The topological polar surface area (TPSA) is 80.7 Å². The summed E-state index contributed by atoms with van der Waals surface area (Å²) in [5.41, 5.74) is 0. The molecule has 0 radical (unpaired) electrons. The summed E-state index contributed by atoms with van der Waals surface area (Å²) in [6.45, 7) is 1.66. The molecule has 0 aliphatic rings. The first-order chi connectivity index (χ1) is 5.95. The summed E-state index contributed by atoms with van der Waals surface area (Å²) in [5.74, 6) is -0.909. The SMILES string of the molecule is CC=CC(=O)OCCCS(=O)(=O)O.[CaH2]. The van der Waals surface area contributed by atoms with Crippen LogP contribution < -0.4 is 0 Å². The molecule has 0 aromatic heterocycles. The van der Waals surface area contributed by atoms with Crippen LogP contribution in [-0.4, -0.2) is 69.0 Å². The molecule has 80 valence electrons. The molecule has 0 heterocycles. The Morgan fingerprint density at radius 1 is 1.50 bits per heavy atom. The van der Waals surface area contributed by atoms with E-state index in [0.29, 0.717) is 0 Å². The molecule has 0 spiro atoms. The average Bonchev–Trinajstić information content (AvgIpc) is 1.97. The quantitative estimate of drug-likeness (QED) is 0.233. The number of esters is 1. The molecule has 0 fully saturated rings. The van der Waals surface area contributed by atoms with Crippen LogP contribution in [0.5, 0.6) is 0 Å². The standard InChI is InChI=1S/C7H12O5S.Ca.2H/c1-2-4-7(8)12-5-3-6-13(9,10)11;;;/h2,4H,3,5-6H2,1H3,(H,9,10,11);;;. The second kappa shape index (κ2) is 8.67. The van der Waals surface area contributed by atoms with Gasteiger partial charge in [-0.3, -0.25) is 4.55 Å². The summed E-state index contributed by atoms with van der Waals surface area (Å²) >= 11 is 0. The molecule has 0 atom stereocenters. The van der Waals surface area contributed by atoms with E-state index in [0.717, 1.165) is 0 Å². The van der Waals surface area contributed by atoms with E-state index in [1.54, 1.807) is 6.92 Å². The number of carbonyl (C=O) groups excluding carboxylic acids is 1. The van der Waals surface area contributed by atoms with Crippen molar-refractivity contribution in [2.24, 2.45) is 0 Å². The van der Waals surface area contributed by atoms with Crippen molar-refractivity contribution in [3.63, 3.8) is 0 Å². The molecular formula is C7H14CaO5S. The van der Waals surface area contributed by atoms with Crippen LogP contribution >= 0.6 is 0 Å². The summed E-state index contributed by atoms with van der Waals surface area (Å²) in [7, 11) is -3.94. The second-order valence-electron chi connectivity index (χ2n) is 2.31. The number of ether oxygens (including phenoxy) is 1. The number of rotatable bonds is 5. The van der Waals surface area contributed by atoms with Crippen molar-refractivity contribution in [2.45, 2.75) is 13.3 Å². The van der Waals surface area contributed by atoms with Gasteiger partial charge in [0, 0.05) is 6.08 Å². The Morgan fingerprint density at radius 2 is 2.07 bits per heavy atom. The predicted molar refractivity (Wildman–Crippen MR) is 55.3 cm³/mol. The van der Waals surface area contributed by atoms with Gasteiger partial charge in [0.2, 0.25) is 0 Å². The van der Waals surface area contributed by atoms with E-state index < -0.39 is 21.8 Å². The molecule has 1 N–H and O–H groups in total. The zero-order chi connectivity index (χ0) is 10.3. The molecule has 0 aliphatic heterocycles. The summed E-state index contributed by atoms with van der Waals surface area (Å²) in [6.07, 6.45) is 2.85. The van der Waals surface area contributed by atoms with Gasteiger partial charge in [-0.2, -0.15) is 8.42 Å². The zero-order valence-electron chi connectivity index (χ0n) is 7.26. The Balaban J connectivity index is 0. The molecule has 0 aromatic carbocycles. The minimum atomic E-state index is -3.94. The van der Waals surface area contributed by atoms with Crippen LogP contribution in [0.2, 0.25) is 0 Å². The van der Waals surface area contributed by atoms with Crippen LogP contribution in [0.25, 0.3) is 0 Å². The fourth-order valence-corrected chi connectivity index (χ4v) is 1.08. The Morgan fingerprint density at radius 3 is 2.50 bits per heavy atom. The summed E-state index contributed by atoms with van der Waals surface area (Å²) in [6, 6.07) is 0. The molecular weight excluding hydrogens is 236 g/mol. The van der Waals surface area contributed by atoms with Crippen LogP contribution in [0.4, 0.5) is 0 Å². The molecule has 0 saturated carbocycles. The maximum absolute atomic E-state index is 10.6. The maximum atomic E-state index is 10.6. The Kier molecular flexibility index (Phi) is 10.4. The molecule has 0 amide bonds. The van der Waals surface area contributed by atoms with Gasteiger partial charge >= 0.3 is 43.7 Å². The predicted octanol–water partition coefficient (Wildman–Crippen LogP) is -0.533. The fourth-order valence-electron chi connectivity index (χ4n) is 0.598. The molecule has 0 rings (SSSR count). The summed E-state index contributed by atoms with van der Waals surface area (Å²) in [4.78, 5) is 10.6. The van der Waals surface area contributed by atoms with Gasteiger partial charge in [-0.25, -0.2) is 4.79 Å². The van der Waals surface area contributed by atoms with E-state index in [1.165, 1.54) is 12.2 Å².